The van der Waals surface area contributed by atoms with Gasteiger partial charge in [0, 0.05) is 14.8 Å². The second-order valence-electron chi connectivity index (χ2n) is 5.02. The molecule has 0 N–H and O–H groups in total. The zero-order valence-electron chi connectivity index (χ0n) is 11.8. The van der Waals surface area contributed by atoms with E-state index in [1.54, 1.807) is 7.11 Å². The van der Waals surface area contributed by atoms with Crippen molar-refractivity contribution in [3.8, 4) is 5.75 Å². The summed E-state index contributed by atoms with van der Waals surface area (Å²) in [5.41, 5.74) is 2.53. The fraction of sp³-hybridized carbons (Fsp3) is 0.294. The highest BCUT2D eigenvalue weighted by atomic mass is 79.9. The fourth-order valence-electron chi connectivity index (χ4n) is 2.32. The maximum absolute atomic E-state index is 6.17. The quantitative estimate of drug-likeness (QED) is 0.520. The van der Waals surface area contributed by atoms with Gasteiger partial charge in [-0.3, -0.25) is 0 Å². The van der Waals surface area contributed by atoms with E-state index in [4.69, 9.17) is 16.3 Å². The average molecular weight is 433 g/mol. The molecule has 0 aliphatic rings. The Morgan fingerprint density at radius 1 is 1.10 bits per heavy atom. The number of ether oxygens (including phenoxy) is 1. The lowest BCUT2D eigenvalue weighted by molar-refractivity contribution is 0.413. The first kappa shape index (κ1) is 16.9. The van der Waals surface area contributed by atoms with Gasteiger partial charge in [-0.15, -0.1) is 11.6 Å². The van der Waals surface area contributed by atoms with Crippen LogP contribution in [0.25, 0.3) is 0 Å². The number of benzene rings is 2. The van der Waals surface area contributed by atoms with Crippen molar-refractivity contribution in [1.29, 1.82) is 0 Å². The highest BCUT2D eigenvalue weighted by Crippen LogP contribution is 2.27. The van der Waals surface area contributed by atoms with Crippen LogP contribution < -0.4 is 4.74 Å². The molecule has 21 heavy (non-hydrogen) atoms. The van der Waals surface area contributed by atoms with Crippen molar-refractivity contribution in [3.63, 3.8) is 0 Å². The SMILES string of the molecule is COc1ccc(Br)c(CC(CCl)Cc2cccc(Br)c2)c1. The number of alkyl halides is 1. The first-order valence-electron chi connectivity index (χ1n) is 6.75. The zero-order valence-corrected chi connectivity index (χ0v) is 15.7. The predicted molar refractivity (Wildman–Crippen MR) is 96.5 cm³/mol. The summed E-state index contributed by atoms with van der Waals surface area (Å²) in [5.74, 6) is 1.91. The number of methoxy groups -OCH3 is 1. The van der Waals surface area contributed by atoms with E-state index in [1.807, 2.05) is 18.2 Å². The summed E-state index contributed by atoms with van der Waals surface area (Å²) >= 11 is 13.3. The van der Waals surface area contributed by atoms with Crippen LogP contribution in [0.15, 0.2) is 51.4 Å². The third-order valence-corrected chi connectivity index (χ3v) is 5.10. The molecule has 1 nitrogen and oxygen atoms in total. The lowest BCUT2D eigenvalue weighted by Gasteiger charge is -2.16. The molecule has 0 aliphatic carbocycles. The van der Waals surface area contributed by atoms with Crippen LogP contribution in [-0.4, -0.2) is 13.0 Å². The van der Waals surface area contributed by atoms with Crippen molar-refractivity contribution >= 4 is 43.5 Å². The van der Waals surface area contributed by atoms with Crippen LogP contribution in [0.2, 0.25) is 0 Å². The second kappa shape index (κ2) is 8.21. The monoisotopic (exact) mass is 430 g/mol. The molecule has 0 aliphatic heterocycles. The van der Waals surface area contributed by atoms with Gasteiger partial charge in [-0.1, -0.05) is 44.0 Å². The van der Waals surface area contributed by atoms with E-state index in [2.05, 4.69) is 56.1 Å². The standard InChI is InChI=1S/C17H17Br2ClO/c1-21-16-5-6-17(19)14(10-16)8-13(11-20)7-12-3-2-4-15(18)9-12/h2-6,9-10,13H,7-8,11H2,1H3. The summed E-state index contributed by atoms with van der Waals surface area (Å²) in [6.07, 6.45) is 1.89. The molecule has 112 valence electrons. The Hall–Kier alpha value is -0.510. The van der Waals surface area contributed by atoms with Crippen LogP contribution in [-0.2, 0) is 12.8 Å². The van der Waals surface area contributed by atoms with Gasteiger partial charge in [-0.25, -0.2) is 0 Å². The third kappa shape index (κ3) is 5.01. The van der Waals surface area contributed by atoms with Crippen LogP contribution >= 0.6 is 43.5 Å². The van der Waals surface area contributed by atoms with E-state index in [1.165, 1.54) is 11.1 Å². The molecule has 2 aromatic carbocycles. The van der Waals surface area contributed by atoms with E-state index in [0.717, 1.165) is 27.5 Å². The van der Waals surface area contributed by atoms with E-state index < -0.39 is 0 Å². The molecule has 0 saturated carbocycles. The summed E-state index contributed by atoms with van der Waals surface area (Å²) in [4.78, 5) is 0. The smallest absolute Gasteiger partial charge is 0.119 e. The molecule has 4 heteroatoms. The first-order valence-corrected chi connectivity index (χ1v) is 8.87. The molecule has 2 aromatic rings. The highest BCUT2D eigenvalue weighted by molar-refractivity contribution is 9.10. The van der Waals surface area contributed by atoms with Gasteiger partial charge in [0.15, 0.2) is 0 Å². The Balaban J connectivity index is 2.12. The van der Waals surface area contributed by atoms with Crippen molar-refractivity contribution in [3.05, 3.63) is 62.5 Å². The van der Waals surface area contributed by atoms with Gasteiger partial charge in [-0.05, 0) is 60.2 Å². The highest BCUT2D eigenvalue weighted by Gasteiger charge is 2.13. The van der Waals surface area contributed by atoms with Gasteiger partial charge in [0.25, 0.3) is 0 Å². The van der Waals surface area contributed by atoms with Gasteiger partial charge in [-0.2, -0.15) is 0 Å². The summed E-state index contributed by atoms with van der Waals surface area (Å²) in [5, 5.41) is 0. The van der Waals surface area contributed by atoms with E-state index in [-0.39, 0.29) is 0 Å². The van der Waals surface area contributed by atoms with Crippen molar-refractivity contribution in [2.24, 2.45) is 5.92 Å². The third-order valence-electron chi connectivity index (χ3n) is 3.39. The second-order valence-corrected chi connectivity index (χ2v) is 7.09. The lowest BCUT2D eigenvalue weighted by atomic mass is 9.94. The van der Waals surface area contributed by atoms with Crippen molar-refractivity contribution < 1.29 is 4.74 Å². The average Bonchev–Trinajstić information content (AvgIpc) is 2.48. The summed E-state index contributed by atoms with van der Waals surface area (Å²) in [7, 11) is 1.69. The minimum atomic E-state index is 0.393. The van der Waals surface area contributed by atoms with Crippen LogP contribution in [0, 0.1) is 5.92 Å². The number of rotatable bonds is 6. The maximum Gasteiger partial charge on any atom is 0.119 e. The summed E-state index contributed by atoms with van der Waals surface area (Å²) in [6, 6.07) is 14.5. The van der Waals surface area contributed by atoms with E-state index in [9.17, 15) is 0 Å². The molecule has 0 spiro atoms. The topological polar surface area (TPSA) is 9.23 Å². The summed E-state index contributed by atoms with van der Waals surface area (Å²) < 4.78 is 7.51. The minimum Gasteiger partial charge on any atom is -0.497 e. The van der Waals surface area contributed by atoms with Gasteiger partial charge in [0.05, 0.1) is 7.11 Å². The zero-order chi connectivity index (χ0) is 15.2. The molecule has 2 rings (SSSR count). The molecular formula is C17H17Br2ClO. The van der Waals surface area contributed by atoms with E-state index in [0.29, 0.717) is 11.8 Å². The predicted octanol–water partition coefficient (Wildman–Crippen LogP) is 5.86. The largest absolute Gasteiger partial charge is 0.497 e. The fourth-order valence-corrected chi connectivity index (χ4v) is 3.40. The van der Waals surface area contributed by atoms with Crippen LogP contribution in [0.1, 0.15) is 11.1 Å². The number of hydrogen-bond donors (Lipinski definition) is 0. The first-order chi connectivity index (χ1) is 10.1. The molecule has 0 radical (unpaired) electrons. The Labute approximate surface area is 147 Å². The molecule has 0 amide bonds. The van der Waals surface area contributed by atoms with Gasteiger partial charge in [0.2, 0.25) is 0 Å². The lowest BCUT2D eigenvalue weighted by Crippen LogP contribution is -2.10. The molecule has 0 bridgehead atoms. The molecule has 0 heterocycles. The van der Waals surface area contributed by atoms with Crippen molar-refractivity contribution in [1.82, 2.24) is 0 Å². The van der Waals surface area contributed by atoms with Gasteiger partial charge in [0.1, 0.15) is 5.75 Å². The normalized spacial score (nSPS) is 12.2. The molecule has 1 atom stereocenters. The summed E-state index contributed by atoms with van der Waals surface area (Å²) in [6.45, 7) is 0. The maximum atomic E-state index is 6.17. The number of hydrogen-bond acceptors (Lipinski definition) is 1. The van der Waals surface area contributed by atoms with Crippen LogP contribution in [0.5, 0.6) is 5.75 Å². The Kier molecular flexibility index (Phi) is 6.59. The number of halogens is 3. The molecule has 0 saturated heterocycles. The van der Waals surface area contributed by atoms with Crippen LogP contribution in [0.4, 0.5) is 0 Å². The minimum absolute atomic E-state index is 0.393. The van der Waals surface area contributed by atoms with E-state index >= 15 is 0 Å². The van der Waals surface area contributed by atoms with Gasteiger partial charge < -0.3 is 4.74 Å². The van der Waals surface area contributed by atoms with Crippen molar-refractivity contribution in [2.75, 3.05) is 13.0 Å². The molecule has 0 fully saturated rings. The Morgan fingerprint density at radius 2 is 1.90 bits per heavy atom. The molecular weight excluding hydrogens is 415 g/mol. The molecule has 0 aromatic heterocycles. The Morgan fingerprint density at radius 3 is 2.57 bits per heavy atom. The van der Waals surface area contributed by atoms with Crippen molar-refractivity contribution in [2.45, 2.75) is 12.8 Å². The van der Waals surface area contributed by atoms with Gasteiger partial charge >= 0.3 is 0 Å². The molecule has 1 unspecified atom stereocenters. The van der Waals surface area contributed by atoms with Crippen LogP contribution in [0.3, 0.4) is 0 Å². The Bertz CT molecular complexity index is 601.